The van der Waals surface area contributed by atoms with Crippen molar-refractivity contribution in [1.29, 1.82) is 0 Å². The molecule has 0 aliphatic rings. The Kier molecular flexibility index (Phi) is 8.67. The summed E-state index contributed by atoms with van der Waals surface area (Å²) in [5.74, 6) is 2.42. The zero-order chi connectivity index (χ0) is 19.6. The summed E-state index contributed by atoms with van der Waals surface area (Å²) >= 11 is 5.04. The number of ether oxygens (including phenoxy) is 2. The summed E-state index contributed by atoms with van der Waals surface area (Å²) < 4.78 is 11.9. The van der Waals surface area contributed by atoms with Crippen LogP contribution in [0.15, 0.2) is 46.0 Å². The summed E-state index contributed by atoms with van der Waals surface area (Å²) in [5.41, 5.74) is 5.48. The number of amides is 1. The molecule has 27 heavy (non-hydrogen) atoms. The van der Waals surface area contributed by atoms with Crippen molar-refractivity contribution in [1.82, 2.24) is 5.43 Å². The van der Waals surface area contributed by atoms with Crippen LogP contribution in [0.2, 0.25) is 0 Å². The second-order valence-electron chi connectivity index (χ2n) is 5.60. The normalized spacial score (nSPS) is 10.8. The Balaban J connectivity index is 1.91. The van der Waals surface area contributed by atoms with Crippen molar-refractivity contribution in [3.8, 4) is 11.5 Å². The maximum Gasteiger partial charge on any atom is 0.250 e. The number of rotatable bonds is 9. The van der Waals surface area contributed by atoms with E-state index >= 15 is 0 Å². The minimum Gasteiger partial charge on any atom is -0.496 e. The molecule has 0 atom stereocenters. The van der Waals surface area contributed by atoms with Gasteiger partial charge in [0.2, 0.25) is 5.91 Å². The predicted octanol–water partition coefficient (Wildman–Crippen LogP) is 4.41. The van der Waals surface area contributed by atoms with Crippen LogP contribution in [0.25, 0.3) is 0 Å². The average molecular weight is 451 g/mol. The molecule has 0 radical (unpaired) electrons. The topological polar surface area (TPSA) is 59.9 Å². The van der Waals surface area contributed by atoms with Gasteiger partial charge in [-0.1, -0.05) is 41.1 Å². The number of carbonyl (C=O) groups excluding carboxylic acids is 1. The van der Waals surface area contributed by atoms with Gasteiger partial charge in [-0.3, -0.25) is 4.79 Å². The summed E-state index contributed by atoms with van der Waals surface area (Å²) in [6.45, 7) is 2.03. The SMILES string of the molecule is CCc1c(OC)ccc(C=NNC(=O)CSCc2ccccc2Br)c1OC. The molecule has 2 aromatic carbocycles. The van der Waals surface area contributed by atoms with Gasteiger partial charge in [-0.05, 0) is 30.2 Å². The number of hydrogen-bond donors (Lipinski definition) is 1. The molecule has 7 heteroatoms. The quantitative estimate of drug-likeness (QED) is 0.453. The van der Waals surface area contributed by atoms with Gasteiger partial charge < -0.3 is 9.47 Å². The van der Waals surface area contributed by atoms with Crippen LogP contribution in [0.3, 0.4) is 0 Å². The summed E-state index contributed by atoms with van der Waals surface area (Å²) in [6.07, 6.45) is 2.36. The van der Waals surface area contributed by atoms with E-state index in [9.17, 15) is 4.79 Å². The van der Waals surface area contributed by atoms with Crippen LogP contribution < -0.4 is 14.9 Å². The second-order valence-corrected chi connectivity index (χ2v) is 7.44. The predicted molar refractivity (Wildman–Crippen MR) is 115 cm³/mol. The monoisotopic (exact) mass is 450 g/mol. The fourth-order valence-electron chi connectivity index (χ4n) is 2.57. The molecule has 2 rings (SSSR count). The van der Waals surface area contributed by atoms with E-state index in [4.69, 9.17) is 9.47 Å². The Morgan fingerprint density at radius 2 is 2.00 bits per heavy atom. The van der Waals surface area contributed by atoms with Crippen LogP contribution in [0, 0.1) is 0 Å². The van der Waals surface area contributed by atoms with Crippen molar-refractivity contribution in [2.45, 2.75) is 19.1 Å². The smallest absolute Gasteiger partial charge is 0.250 e. The molecular formula is C20H23BrN2O3S. The lowest BCUT2D eigenvalue weighted by Crippen LogP contribution is -2.19. The van der Waals surface area contributed by atoms with E-state index < -0.39 is 0 Å². The zero-order valence-corrected chi connectivity index (χ0v) is 18.0. The number of nitrogens with zero attached hydrogens (tertiary/aromatic N) is 1. The molecule has 2 aromatic rings. The van der Waals surface area contributed by atoms with Crippen molar-refractivity contribution >= 4 is 39.8 Å². The number of methoxy groups -OCH3 is 2. The first kappa shape index (κ1) is 21.3. The largest absolute Gasteiger partial charge is 0.496 e. The van der Waals surface area contributed by atoms with E-state index in [0.29, 0.717) is 11.5 Å². The molecule has 0 spiro atoms. The summed E-state index contributed by atoms with van der Waals surface area (Å²) in [5, 5.41) is 4.06. The fraction of sp³-hybridized carbons (Fsp3) is 0.300. The third kappa shape index (κ3) is 6.01. The number of hydrazone groups is 1. The van der Waals surface area contributed by atoms with E-state index in [1.165, 1.54) is 11.8 Å². The Hall–Kier alpha value is -1.99. The molecule has 1 amide bonds. The average Bonchev–Trinajstić information content (AvgIpc) is 2.68. The van der Waals surface area contributed by atoms with Gasteiger partial charge in [0.25, 0.3) is 0 Å². The summed E-state index contributed by atoms with van der Waals surface area (Å²) in [7, 11) is 3.25. The van der Waals surface area contributed by atoms with E-state index in [0.717, 1.165) is 39.1 Å². The van der Waals surface area contributed by atoms with Gasteiger partial charge in [-0.25, -0.2) is 5.43 Å². The maximum atomic E-state index is 12.0. The number of thioether (sulfide) groups is 1. The van der Waals surface area contributed by atoms with Crippen LogP contribution in [-0.2, 0) is 17.0 Å². The summed E-state index contributed by atoms with van der Waals surface area (Å²) in [4.78, 5) is 12.0. The van der Waals surface area contributed by atoms with Crippen LogP contribution in [0.1, 0.15) is 23.6 Å². The van der Waals surface area contributed by atoms with Gasteiger partial charge in [0, 0.05) is 21.4 Å². The summed E-state index contributed by atoms with van der Waals surface area (Å²) in [6, 6.07) is 11.7. The van der Waals surface area contributed by atoms with Gasteiger partial charge in [-0.2, -0.15) is 5.10 Å². The lowest BCUT2D eigenvalue weighted by molar-refractivity contribution is -0.118. The molecule has 0 aromatic heterocycles. The molecule has 1 N–H and O–H groups in total. The third-order valence-corrected chi connectivity index (χ3v) is 5.62. The fourth-order valence-corrected chi connectivity index (χ4v) is 4.01. The minimum absolute atomic E-state index is 0.147. The molecule has 144 valence electrons. The van der Waals surface area contributed by atoms with Gasteiger partial charge >= 0.3 is 0 Å². The Morgan fingerprint density at radius 3 is 2.67 bits per heavy atom. The van der Waals surface area contributed by atoms with E-state index in [1.54, 1.807) is 20.4 Å². The van der Waals surface area contributed by atoms with Crippen molar-refractivity contribution in [3.63, 3.8) is 0 Å². The first-order valence-electron chi connectivity index (χ1n) is 8.47. The Labute approximate surface area is 172 Å². The second kappa shape index (κ2) is 11.0. The Morgan fingerprint density at radius 1 is 1.22 bits per heavy atom. The first-order chi connectivity index (χ1) is 13.1. The number of nitrogens with one attached hydrogen (secondary N) is 1. The molecule has 5 nitrogen and oxygen atoms in total. The number of halogens is 1. The van der Waals surface area contributed by atoms with E-state index in [-0.39, 0.29) is 5.91 Å². The van der Waals surface area contributed by atoms with Gasteiger partial charge in [0.1, 0.15) is 11.5 Å². The highest BCUT2D eigenvalue weighted by Crippen LogP contribution is 2.31. The highest BCUT2D eigenvalue weighted by Gasteiger charge is 2.12. The molecule has 0 heterocycles. The standard InChI is InChI=1S/C20H23BrN2O3S/c1-4-16-18(25-2)10-9-14(20(16)26-3)11-22-23-19(24)13-27-12-15-7-5-6-8-17(15)21/h5-11H,4,12-13H2,1-3H3,(H,23,24). The molecular weight excluding hydrogens is 428 g/mol. The van der Waals surface area contributed by atoms with Crippen LogP contribution in [0.5, 0.6) is 11.5 Å². The molecule has 0 unspecified atom stereocenters. The van der Waals surface area contributed by atoms with Crippen molar-refractivity contribution in [2.24, 2.45) is 5.10 Å². The number of benzene rings is 2. The lowest BCUT2D eigenvalue weighted by Gasteiger charge is -2.13. The minimum atomic E-state index is -0.147. The number of hydrogen-bond acceptors (Lipinski definition) is 5. The lowest BCUT2D eigenvalue weighted by atomic mass is 10.1. The van der Waals surface area contributed by atoms with Crippen LogP contribution >= 0.6 is 27.7 Å². The Bertz CT molecular complexity index is 812. The van der Waals surface area contributed by atoms with Crippen LogP contribution in [0.4, 0.5) is 0 Å². The van der Waals surface area contributed by atoms with Gasteiger partial charge in [0.15, 0.2) is 0 Å². The van der Waals surface area contributed by atoms with Crippen molar-refractivity contribution in [2.75, 3.05) is 20.0 Å². The van der Waals surface area contributed by atoms with Gasteiger partial charge in [-0.15, -0.1) is 11.8 Å². The van der Waals surface area contributed by atoms with E-state index in [1.807, 2.05) is 43.3 Å². The van der Waals surface area contributed by atoms with Gasteiger partial charge in [0.05, 0.1) is 26.2 Å². The van der Waals surface area contributed by atoms with Crippen LogP contribution in [-0.4, -0.2) is 32.1 Å². The highest BCUT2D eigenvalue weighted by atomic mass is 79.9. The number of carbonyl (C=O) groups is 1. The zero-order valence-electron chi connectivity index (χ0n) is 15.6. The molecule has 0 bridgehead atoms. The third-order valence-electron chi connectivity index (χ3n) is 3.87. The first-order valence-corrected chi connectivity index (χ1v) is 10.4. The molecule has 0 aliphatic carbocycles. The highest BCUT2D eigenvalue weighted by molar-refractivity contribution is 9.10. The van der Waals surface area contributed by atoms with Crippen molar-refractivity contribution in [3.05, 3.63) is 57.6 Å². The molecule has 0 aliphatic heterocycles. The van der Waals surface area contributed by atoms with E-state index in [2.05, 4.69) is 26.5 Å². The molecule has 0 saturated carbocycles. The van der Waals surface area contributed by atoms with Crippen molar-refractivity contribution < 1.29 is 14.3 Å². The maximum absolute atomic E-state index is 12.0. The molecule has 0 fully saturated rings. The molecule has 0 saturated heterocycles.